The molecular formula is C22H24Cl2N4O2S. The summed E-state index contributed by atoms with van der Waals surface area (Å²) in [7, 11) is 0. The third kappa shape index (κ3) is 6.15. The number of aromatic nitrogens is 3. The van der Waals surface area contributed by atoms with Crippen molar-refractivity contribution >= 4 is 46.6 Å². The average molecular weight is 479 g/mol. The number of ether oxygens (including phenoxy) is 1. The monoisotopic (exact) mass is 478 g/mol. The van der Waals surface area contributed by atoms with Gasteiger partial charge in [0, 0.05) is 12.2 Å². The molecule has 3 aromatic rings. The second-order valence-electron chi connectivity index (χ2n) is 6.81. The lowest BCUT2D eigenvalue weighted by Crippen LogP contribution is -2.15. The van der Waals surface area contributed by atoms with Gasteiger partial charge in [0.05, 0.1) is 15.8 Å². The van der Waals surface area contributed by atoms with Gasteiger partial charge >= 0.3 is 0 Å². The van der Waals surface area contributed by atoms with E-state index in [1.807, 2.05) is 30.5 Å². The topological polar surface area (TPSA) is 69.0 Å². The van der Waals surface area contributed by atoms with E-state index in [2.05, 4.69) is 34.6 Å². The van der Waals surface area contributed by atoms with Crippen molar-refractivity contribution in [1.29, 1.82) is 0 Å². The first kappa shape index (κ1) is 23.4. The number of hydrogen-bond acceptors (Lipinski definition) is 5. The Hall–Kier alpha value is -2.22. The third-order valence-corrected chi connectivity index (χ3v) is 6.31. The molecule has 0 unspecified atom stereocenters. The molecule has 0 saturated heterocycles. The summed E-state index contributed by atoms with van der Waals surface area (Å²) in [5.41, 5.74) is 1.85. The third-order valence-electron chi connectivity index (χ3n) is 4.61. The Bertz CT molecular complexity index is 1040. The van der Waals surface area contributed by atoms with Gasteiger partial charge in [0.1, 0.15) is 5.75 Å². The van der Waals surface area contributed by atoms with Crippen LogP contribution in [0.4, 0.5) is 5.69 Å². The van der Waals surface area contributed by atoms with Crippen molar-refractivity contribution < 1.29 is 9.53 Å². The van der Waals surface area contributed by atoms with Crippen molar-refractivity contribution in [2.24, 2.45) is 0 Å². The molecule has 9 heteroatoms. The Morgan fingerprint density at radius 3 is 2.52 bits per heavy atom. The molecule has 31 heavy (non-hydrogen) atoms. The van der Waals surface area contributed by atoms with Gasteiger partial charge in [-0.15, -0.1) is 10.2 Å². The van der Waals surface area contributed by atoms with Gasteiger partial charge in [-0.25, -0.2) is 0 Å². The van der Waals surface area contributed by atoms with Crippen molar-refractivity contribution in [3.05, 3.63) is 63.9 Å². The minimum absolute atomic E-state index is 0.170. The van der Waals surface area contributed by atoms with E-state index in [4.69, 9.17) is 27.9 Å². The number of anilines is 1. The van der Waals surface area contributed by atoms with Crippen LogP contribution in [0.3, 0.4) is 0 Å². The molecule has 0 spiro atoms. The van der Waals surface area contributed by atoms with Crippen LogP contribution < -0.4 is 10.1 Å². The van der Waals surface area contributed by atoms with E-state index in [0.29, 0.717) is 27.4 Å². The van der Waals surface area contributed by atoms with Crippen LogP contribution in [-0.2, 0) is 17.8 Å². The van der Waals surface area contributed by atoms with Crippen molar-refractivity contribution in [2.45, 2.75) is 45.0 Å². The van der Waals surface area contributed by atoms with Crippen molar-refractivity contribution in [3.63, 3.8) is 0 Å². The van der Waals surface area contributed by atoms with Crippen LogP contribution in [0.15, 0.2) is 47.6 Å². The number of benzene rings is 2. The number of halogens is 2. The normalized spacial score (nSPS) is 11.9. The molecule has 0 aliphatic heterocycles. The lowest BCUT2D eigenvalue weighted by molar-refractivity contribution is -0.113. The molecule has 1 N–H and O–H groups in total. The number of rotatable bonds is 9. The molecule has 0 saturated carbocycles. The SMILES string of the molecule is CCc1ccc(O[C@@H](C)c2nnc(SCC(=O)Nc3ccc(Cl)c(Cl)c3)n2CC)cc1. The Balaban J connectivity index is 1.61. The van der Waals surface area contributed by atoms with E-state index in [9.17, 15) is 4.79 Å². The zero-order valence-electron chi connectivity index (χ0n) is 17.6. The fourth-order valence-electron chi connectivity index (χ4n) is 2.97. The molecular weight excluding hydrogens is 455 g/mol. The van der Waals surface area contributed by atoms with Gasteiger partial charge in [-0.1, -0.05) is 54.0 Å². The predicted molar refractivity (Wildman–Crippen MR) is 126 cm³/mol. The van der Waals surface area contributed by atoms with Gasteiger partial charge in [-0.05, 0) is 56.2 Å². The second-order valence-corrected chi connectivity index (χ2v) is 8.57. The van der Waals surface area contributed by atoms with Gasteiger partial charge in [0.2, 0.25) is 5.91 Å². The van der Waals surface area contributed by atoms with Crippen LogP contribution >= 0.6 is 35.0 Å². The number of amides is 1. The number of carbonyl (C=O) groups is 1. The molecule has 164 valence electrons. The smallest absolute Gasteiger partial charge is 0.234 e. The van der Waals surface area contributed by atoms with Gasteiger partial charge in [0.25, 0.3) is 0 Å². The molecule has 0 aliphatic carbocycles. The van der Waals surface area contributed by atoms with Gasteiger partial charge in [-0.3, -0.25) is 4.79 Å². The fourth-order valence-corrected chi connectivity index (χ4v) is 4.07. The number of thioether (sulfide) groups is 1. The highest BCUT2D eigenvalue weighted by atomic mass is 35.5. The summed E-state index contributed by atoms with van der Waals surface area (Å²) in [6.45, 7) is 6.73. The maximum Gasteiger partial charge on any atom is 0.234 e. The minimum atomic E-state index is -0.278. The standard InChI is InChI=1S/C22H24Cl2N4O2S/c1-4-15-6-9-17(10-7-15)30-14(3)21-26-27-22(28(21)5-2)31-13-20(29)25-16-8-11-18(23)19(24)12-16/h6-12,14H,4-5,13H2,1-3H3,(H,25,29)/t14-/m0/s1. The maximum atomic E-state index is 12.3. The largest absolute Gasteiger partial charge is 0.483 e. The summed E-state index contributed by atoms with van der Waals surface area (Å²) in [5, 5.41) is 12.9. The van der Waals surface area contributed by atoms with E-state index in [1.54, 1.807) is 18.2 Å². The quantitative estimate of drug-likeness (QED) is 0.379. The van der Waals surface area contributed by atoms with Crippen molar-refractivity contribution in [1.82, 2.24) is 14.8 Å². The highest BCUT2D eigenvalue weighted by Crippen LogP contribution is 2.27. The second kappa shape index (κ2) is 10.9. The molecule has 0 radical (unpaired) electrons. The van der Waals surface area contributed by atoms with E-state index < -0.39 is 0 Å². The first-order chi connectivity index (χ1) is 14.9. The molecule has 6 nitrogen and oxygen atoms in total. The molecule has 0 aliphatic rings. The summed E-state index contributed by atoms with van der Waals surface area (Å²) in [5.74, 6) is 1.52. The number of hydrogen-bond donors (Lipinski definition) is 1. The lowest BCUT2D eigenvalue weighted by atomic mass is 10.2. The first-order valence-electron chi connectivity index (χ1n) is 9.97. The number of nitrogens with one attached hydrogen (secondary N) is 1. The number of carbonyl (C=O) groups excluding carboxylic acids is 1. The van der Waals surface area contributed by atoms with Gasteiger partial charge < -0.3 is 14.6 Å². The zero-order valence-corrected chi connectivity index (χ0v) is 19.9. The molecule has 1 aromatic heterocycles. The van der Waals surface area contributed by atoms with Crippen molar-refractivity contribution in [3.8, 4) is 5.75 Å². The van der Waals surface area contributed by atoms with E-state index in [0.717, 1.165) is 18.0 Å². The Labute approximate surface area is 196 Å². The Kier molecular flexibility index (Phi) is 8.23. The molecule has 1 heterocycles. The van der Waals surface area contributed by atoms with E-state index in [1.165, 1.54) is 17.3 Å². The van der Waals surface area contributed by atoms with Gasteiger partial charge in [-0.2, -0.15) is 0 Å². The first-order valence-corrected chi connectivity index (χ1v) is 11.7. The minimum Gasteiger partial charge on any atom is -0.483 e. The summed E-state index contributed by atoms with van der Waals surface area (Å²) in [4.78, 5) is 12.3. The number of aryl methyl sites for hydroxylation is 1. The average Bonchev–Trinajstić information content (AvgIpc) is 3.18. The summed E-state index contributed by atoms with van der Waals surface area (Å²) in [6.07, 6.45) is 0.707. The summed E-state index contributed by atoms with van der Waals surface area (Å²) in [6, 6.07) is 13.0. The zero-order chi connectivity index (χ0) is 22.4. The lowest BCUT2D eigenvalue weighted by Gasteiger charge is -2.16. The highest BCUT2D eigenvalue weighted by molar-refractivity contribution is 7.99. The van der Waals surface area contributed by atoms with Crippen LogP contribution in [0.5, 0.6) is 5.75 Å². The molecule has 2 aromatic carbocycles. The van der Waals surface area contributed by atoms with E-state index in [-0.39, 0.29) is 17.8 Å². The van der Waals surface area contributed by atoms with Crippen molar-refractivity contribution in [2.75, 3.05) is 11.1 Å². The molecule has 1 atom stereocenters. The van der Waals surface area contributed by atoms with E-state index >= 15 is 0 Å². The predicted octanol–water partition coefficient (Wildman–Crippen LogP) is 6.04. The summed E-state index contributed by atoms with van der Waals surface area (Å²) >= 11 is 13.2. The maximum absolute atomic E-state index is 12.3. The summed E-state index contributed by atoms with van der Waals surface area (Å²) < 4.78 is 8.01. The molecule has 0 bridgehead atoms. The van der Waals surface area contributed by atoms with Crippen LogP contribution in [0, 0.1) is 0 Å². The van der Waals surface area contributed by atoms with Crippen LogP contribution in [0.1, 0.15) is 38.3 Å². The van der Waals surface area contributed by atoms with Crippen LogP contribution in [-0.4, -0.2) is 26.4 Å². The van der Waals surface area contributed by atoms with Crippen LogP contribution in [0.25, 0.3) is 0 Å². The Morgan fingerprint density at radius 2 is 1.87 bits per heavy atom. The van der Waals surface area contributed by atoms with Crippen LogP contribution in [0.2, 0.25) is 10.0 Å². The Morgan fingerprint density at radius 1 is 1.13 bits per heavy atom. The molecule has 1 amide bonds. The molecule has 0 fully saturated rings. The molecule has 3 rings (SSSR count). The number of nitrogens with zero attached hydrogens (tertiary/aromatic N) is 3. The highest BCUT2D eigenvalue weighted by Gasteiger charge is 2.19. The fraction of sp³-hybridized carbons (Fsp3) is 0.318. The van der Waals surface area contributed by atoms with Gasteiger partial charge in [0.15, 0.2) is 17.1 Å².